The van der Waals surface area contributed by atoms with Gasteiger partial charge in [0.05, 0.1) is 17.4 Å². The molecule has 2 rings (SSSR count). The van der Waals surface area contributed by atoms with E-state index in [0.717, 1.165) is 21.4 Å². The standard InChI is InChI=1S/C11H14N4O4S2/c1-8-10(20-7-12-8)5-14(2)21(18,19)9-3-13-15(4-9)6-11(16)17/h3-4,7H,5-6H2,1-2H3,(H,16,17). The number of hydrogen-bond donors (Lipinski definition) is 1. The number of rotatable bonds is 6. The van der Waals surface area contributed by atoms with E-state index in [-0.39, 0.29) is 18.0 Å². The van der Waals surface area contributed by atoms with Crippen molar-refractivity contribution in [1.82, 2.24) is 19.1 Å². The number of aromatic nitrogens is 3. The molecule has 21 heavy (non-hydrogen) atoms. The predicted molar refractivity (Wildman–Crippen MR) is 75.4 cm³/mol. The minimum absolute atomic E-state index is 0.0339. The quantitative estimate of drug-likeness (QED) is 0.829. The van der Waals surface area contributed by atoms with Gasteiger partial charge in [0.15, 0.2) is 0 Å². The van der Waals surface area contributed by atoms with Crippen LogP contribution in [-0.2, 0) is 27.9 Å². The third-order valence-electron chi connectivity index (χ3n) is 2.83. The van der Waals surface area contributed by atoms with Crippen molar-refractivity contribution in [3.63, 3.8) is 0 Å². The molecule has 8 nitrogen and oxygen atoms in total. The fraction of sp³-hybridized carbons (Fsp3) is 0.364. The van der Waals surface area contributed by atoms with Gasteiger partial charge in [-0.05, 0) is 6.92 Å². The Labute approximate surface area is 125 Å². The zero-order valence-corrected chi connectivity index (χ0v) is 13.1. The molecule has 2 heterocycles. The molecule has 0 unspecified atom stereocenters. The third kappa shape index (κ3) is 3.46. The molecule has 10 heteroatoms. The average molecular weight is 330 g/mol. The van der Waals surface area contributed by atoms with Gasteiger partial charge in [-0.25, -0.2) is 13.4 Å². The van der Waals surface area contributed by atoms with E-state index in [9.17, 15) is 13.2 Å². The molecule has 0 amide bonds. The first kappa shape index (κ1) is 15.6. The Morgan fingerprint density at radius 2 is 2.24 bits per heavy atom. The smallest absolute Gasteiger partial charge is 0.325 e. The molecule has 0 bridgehead atoms. The fourth-order valence-electron chi connectivity index (χ4n) is 1.65. The summed E-state index contributed by atoms with van der Waals surface area (Å²) in [6.07, 6.45) is 2.35. The maximum Gasteiger partial charge on any atom is 0.325 e. The van der Waals surface area contributed by atoms with Crippen LogP contribution in [0.4, 0.5) is 0 Å². The second-order valence-corrected chi connectivity index (χ2v) is 7.37. The molecule has 0 aliphatic heterocycles. The number of carbonyl (C=O) groups is 1. The number of nitrogens with zero attached hydrogens (tertiary/aromatic N) is 4. The van der Waals surface area contributed by atoms with Crippen molar-refractivity contribution in [3.8, 4) is 0 Å². The van der Waals surface area contributed by atoms with Crippen LogP contribution in [0.15, 0.2) is 22.8 Å². The van der Waals surface area contributed by atoms with Crippen LogP contribution >= 0.6 is 11.3 Å². The molecule has 0 aliphatic rings. The van der Waals surface area contributed by atoms with Gasteiger partial charge in [0.25, 0.3) is 0 Å². The lowest BCUT2D eigenvalue weighted by molar-refractivity contribution is -0.137. The van der Waals surface area contributed by atoms with Crippen molar-refractivity contribution >= 4 is 27.3 Å². The fourth-order valence-corrected chi connectivity index (χ4v) is 3.65. The van der Waals surface area contributed by atoms with Gasteiger partial charge in [-0.15, -0.1) is 11.3 Å². The second-order valence-electron chi connectivity index (χ2n) is 4.39. The van der Waals surface area contributed by atoms with Crippen LogP contribution in [0.3, 0.4) is 0 Å². The number of carboxylic acid groups (broad SMARTS) is 1. The summed E-state index contributed by atoms with van der Waals surface area (Å²) < 4.78 is 27.0. The van der Waals surface area contributed by atoms with Crippen molar-refractivity contribution in [2.45, 2.75) is 24.9 Å². The van der Waals surface area contributed by atoms with Gasteiger partial charge in [0, 0.05) is 24.7 Å². The molecule has 0 spiro atoms. The lowest BCUT2D eigenvalue weighted by Gasteiger charge is -2.15. The van der Waals surface area contributed by atoms with Crippen LogP contribution in [0.1, 0.15) is 10.6 Å². The third-order valence-corrected chi connectivity index (χ3v) is 5.50. The summed E-state index contributed by atoms with van der Waals surface area (Å²) in [4.78, 5) is 15.5. The minimum atomic E-state index is -3.71. The van der Waals surface area contributed by atoms with E-state index in [1.165, 1.54) is 28.9 Å². The molecule has 2 aromatic rings. The van der Waals surface area contributed by atoms with Crippen molar-refractivity contribution < 1.29 is 18.3 Å². The lowest BCUT2D eigenvalue weighted by atomic mass is 10.4. The Bertz CT molecular complexity index is 750. The Morgan fingerprint density at radius 3 is 2.81 bits per heavy atom. The van der Waals surface area contributed by atoms with Crippen LogP contribution < -0.4 is 0 Å². The monoisotopic (exact) mass is 330 g/mol. The molecule has 0 saturated carbocycles. The van der Waals surface area contributed by atoms with Gasteiger partial charge in [0.1, 0.15) is 11.4 Å². The van der Waals surface area contributed by atoms with Gasteiger partial charge in [0.2, 0.25) is 10.0 Å². The largest absolute Gasteiger partial charge is 0.480 e. The maximum absolute atomic E-state index is 12.4. The summed E-state index contributed by atoms with van der Waals surface area (Å²) in [7, 11) is -2.25. The molecule has 0 aromatic carbocycles. The van der Waals surface area contributed by atoms with Gasteiger partial charge in [-0.1, -0.05) is 0 Å². The Balaban J connectivity index is 2.19. The van der Waals surface area contributed by atoms with E-state index in [1.54, 1.807) is 5.51 Å². The normalized spacial score (nSPS) is 12.0. The van der Waals surface area contributed by atoms with Gasteiger partial charge in [-0.2, -0.15) is 9.40 Å². The summed E-state index contributed by atoms with van der Waals surface area (Å²) in [6, 6.07) is 0. The highest BCUT2D eigenvalue weighted by Crippen LogP contribution is 2.19. The van der Waals surface area contributed by atoms with Crippen molar-refractivity contribution in [1.29, 1.82) is 0 Å². The number of aryl methyl sites for hydroxylation is 1. The summed E-state index contributed by atoms with van der Waals surface area (Å²) in [6.45, 7) is 1.65. The van der Waals surface area contributed by atoms with E-state index in [4.69, 9.17) is 5.11 Å². The van der Waals surface area contributed by atoms with E-state index in [0.29, 0.717) is 0 Å². The van der Waals surface area contributed by atoms with Gasteiger partial charge < -0.3 is 5.11 Å². The molecular weight excluding hydrogens is 316 g/mol. The van der Waals surface area contributed by atoms with Crippen LogP contribution in [0.5, 0.6) is 0 Å². The first-order valence-corrected chi connectivity index (χ1v) is 8.22. The lowest BCUT2D eigenvalue weighted by Crippen LogP contribution is -2.26. The van der Waals surface area contributed by atoms with Crippen molar-refractivity contribution in [3.05, 3.63) is 28.5 Å². The van der Waals surface area contributed by atoms with Crippen molar-refractivity contribution in [2.75, 3.05) is 7.05 Å². The zero-order valence-electron chi connectivity index (χ0n) is 11.4. The molecule has 1 N–H and O–H groups in total. The summed E-state index contributed by atoms with van der Waals surface area (Å²) in [5.74, 6) is -1.09. The molecule has 0 aliphatic carbocycles. The van der Waals surface area contributed by atoms with Crippen molar-refractivity contribution in [2.24, 2.45) is 0 Å². The first-order valence-electron chi connectivity index (χ1n) is 5.90. The van der Waals surface area contributed by atoms with Crippen LogP contribution in [0.2, 0.25) is 0 Å². The van der Waals surface area contributed by atoms with E-state index in [1.807, 2.05) is 6.92 Å². The molecule has 2 aromatic heterocycles. The van der Waals surface area contributed by atoms with Gasteiger partial charge in [-0.3, -0.25) is 9.48 Å². The van der Waals surface area contributed by atoms with E-state index < -0.39 is 16.0 Å². The first-order chi connectivity index (χ1) is 9.80. The number of carboxylic acids is 1. The molecule has 0 atom stereocenters. The maximum atomic E-state index is 12.4. The molecular formula is C11H14N4O4S2. The molecule has 0 fully saturated rings. The highest BCUT2D eigenvalue weighted by atomic mass is 32.2. The minimum Gasteiger partial charge on any atom is -0.480 e. The number of aliphatic carboxylic acids is 1. The Kier molecular flexibility index (Phi) is 4.40. The highest BCUT2D eigenvalue weighted by molar-refractivity contribution is 7.89. The number of thiazole rings is 1. The van der Waals surface area contributed by atoms with Crippen LogP contribution in [0.25, 0.3) is 0 Å². The Hall–Kier alpha value is -1.78. The Morgan fingerprint density at radius 1 is 1.52 bits per heavy atom. The predicted octanol–water partition coefficient (Wildman–Crippen LogP) is 0.553. The molecule has 114 valence electrons. The average Bonchev–Trinajstić information content (AvgIpc) is 2.99. The molecule has 0 radical (unpaired) electrons. The highest BCUT2D eigenvalue weighted by Gasteiger charge is 2.24. The van der Waals surface area contributed by atoms with E-state index in [2.05, 4.69) is 10.1 Å². The summed E-state index contributed by atoms with van der Waals surface area (Å²) in [5, 5.41) is 12.4. The number of hydrogen-bond acceptors (Lipinski definition) is 6. The second kappa shape index (κ2) is 5.92. The van der Waals surface area contributed by atoms with Gasteiger partial charge >= 0.3 is 5.97 Å². The van der Waals surface area contributed by atoms with Crippen LogP contribution in [0, 0.1) is 6.92 Å². The van der Waals surface area contributed by atoms with Crippen LogP contribution in [-0.4, -0.2) is 45.6 Å². The SMILES string of the molecule is Cc1ncsc1CN(C)S(=O)(=O)c1cnn(CC(=O)O)c1. The number of sulfonamides is 1. The summed E-state index contributed by atoms with van der Waals surface area (Å²) in [5.41, 5.74) is 2.46. The molecule has 0 saturated heterocycles. The summed E-state index contributed by atoms with van der Waals surface area (Å²) >= 11 is 1.39. The van der Waals surface area contributed by atoms with E-state index >= 15 is 0 Å². The topological polar surface area (TPSA) is 105 Å². The zero-order chi connectivity index (χ0) is 15.6.